The van der Waals surface area contributed by atoms with Crippen LogP contribution >= 0.6 is 0 Å². The molecule has 1 atom stereocenters. The van der Waals surface area contributed by atoms with Crippen LogP contribution in [0.5, 0.6) is 17.2 Å². The lowest BCUT2D eigenvalue weighted by Gasteiger charge is -2.24. The molecule has 0 spiro atoms. The first kappa shape index (κ1) is 24.0. The van der Waals surface area contributed by atoms with E-state index in [1.807, 2.05) is 12.1 Å². The van der Waals surface area contributed by atoms with E-state index < -0.39 is 11.7 Å². The largest absolute Gasteiger partial charge is 0.508 e. The fourth-order valence-electron chi connectivity index (χ4n) is 4.39. The topological polar surface area (TPSA) is 83.1 Å². The van der Waals surface area contributed by atoms with Crippen molar-refractivity contribution in [3.8, 4) is 28.6 Å². The highest BCUT2D eigenvalue weighted by molar-refractivity contribution is 5.88. The minimum atomic E-state index is -1.02. The number of ether oxygens (including phenoxy) is 1. The average Bonchev–Trinajstić information content (AvgIpc) is 3.36. The lowest BCUT2D eigenvalue weighted by molar-refractivity contribution is -0.0230. The molecule has 0 radical (unpaired) electrons. The van der Waals surface area contributed by atoms with Gasteiger partial charge in [0.2, 0.25) is 0 Å². The van der Waals surface area contributed by atoms with Gasteiger partial charge in [0.25, 0.3) is 0 Å². The summed E-state index contributed by atoms with van der Waals surface area (Å²) in [5.74, 6) is 1.43. The van der Waals surface area contributed by atoms with E-state index in [1.54, 1.807) is 32.0 Å². The standard InChI is InChI=1S/C29H34O5/c1-17(2)7-6-8-18(3)9-11-21-24(31)12-10-19-13-25(34-28(19)21)22-14-20(30)15-26-23(22)16-27(33-26)29(4,5)32/h7,9-10,12-15,27,30-32H,6,8,11,16H2,1-5H3/t27-/m1/s1. The van der Waals surface area contributed by atoms with E-state index in [4.69, 9.17) is 9.15 Å². The van der Waals surface area contributed by atoms with Gasteiger partial charge in [-0.05, 0) is 78.1 Å². The van der Waals surface area contributed by atoms with Crippen LogP contribution < -0.4 is 4.74 Å². The number of fused-ring (bicyclic) bond motifs is 2. The molecule has 0 saturated carbocycles. The highest BCUT2D eigenvalue weighted by Gasteiger charge is 2.37. The summed E-state index contributed by atoms with van der Waals surface area (Å²) >= 11 is 0. The molecule has 5 nitrogen and oxygen atoms in total. The molecule has 0 saturated heterocycles. The smallest absolute Gasteiger partial charge is 0.142 e. The molecule has 0 aliphatic carbocycles. The fraction of sp³-hybridized carbons (Fsp3) is 0.379. The van der Waals surface area contributed by atoms with Crippen LogP contribution in [0.25, 0.3) is 22.3 Å². The van der Waals surface area contributed by atoms with Gasteiger partial charge in [-0.25, -0.2) is 0 Å². The maximum absolute atomic E-state index is 10.6. The molecule has 1 aliphatic heterocycles. The summed E-state index contributed by atoms with van der Waals surface area (Å²) in [7, 11) is 0. The Bertz CT molecular complexity index is 1270. The predicted molar refractivity (Wildman–Crippen MR) is 136 cm³/mol. The van der Waals surface area contributed by atoms with Gasteiger partial charge in [-0.15, -0.1) is 0 Å². The number of rotatable bonds is 7. The second-order valence-electron chi connectivity index (χ2n) is 10.1. The van der Waals surface area contributed by atoms with Gasteiger partial charge in [0.05, 0.1) is 5.60 Å². The van der Waals surface area contributed by atoms with Crippen molar-refractivity contribution in [2.75, 3.05) is 0 Å². The number of furan rings is 1. The Kier molecular flexibility index (Phi) is 6.50. The normalized spacial score (nSPS) is 15.9. The molecule has 3 N–H and O–H groups in total. The first-order valence-electron chi connectivity index (χ1n) is 11.8. The van der Waals surface area contributed by atoms with E-state index in [0.717, 1.165) is 34.9 Å². The van der Waals surface area contributed by atoms with E-state index in [2.05, 4.69) is 32.9 Å². The quantitative estimate of drug-likeness (QED) is 0.336. The maximum atomic E-state index is 10.6. The number of allylic oxidation sites excluding steroid dienone is 4. The Morgan fingerprint density at radius 2 is 1.85 bits per heavy atom. The highest BCUT2D eigenvalue weighted by Crippen LogP contribution is 2.44. The van der Waals surface area contributed by atoms with Crippen LogP contribution in [0, 0.1) is 0 Å². The monoisotopic (exact) mass is 462 g/mol. The minimum absolute atomic E-state index is 0.0728. The third kappa shape index (κ3) is 5.00. The van der Waals surface area contributed by atoms with Gasteiger partial charge in [0.1, 0.15) is 34.7 Å². The van der Waals surface area contributed by atoms with Gasteiger partial charge in [0, 0.05) is 34.6 Å². The molecular weight excluding hydrogens is 428 g/mol. The Morgan fingerprint density at radius 3 is 2.56 bits per heavy atom. The number of hydrogen-bond donors (Lipinski definition) is 3. The summed E-state index contributed by atoms with van der Waals surface area (Å²) < 4.78 is 12.2. The molecule has 0 fully saturated rings. The van der Waals surface area contributed by atoms with E-state index in [0.29, 0.717) is 29.9 Å². The molecule has 180 valence electrons. The Balaban J connectivity index is 1.68. The van der Waals surface area contributed by atoms with Crippen LogP contribution in [0.1, 0.15) is 58.6 Å². The van der Waals surface area contributed by atoms with Gasteiger partial charge in [-0.2, -0.15) is 0 Å². The van der Waals surface area contributed by atoms with Crippen molar-refractivity contribution in [2.24, 2.45) is 0 Å². The van der Waals surface area contributed by atoms with Gasteiger partial charge < -0.3 is 24.5 Å². The van der Waals surface area contributed by atoms with Crippen molar-refractivity contribution in [3.05, 3.63) is 64.8 Å². The zero-order valence-electron chi connectivity index (χ0n) is 20.6. The zero-order valence-corrected chi connectivity index (χ0v) is 20.6. The first-order valence-corrected chi connectivity index (χ1v) is 11.8. The summed E-state index contributed by atoms with van der Waals surface area (Å²) in [5.41, 5.74) is 4.57. The van der Waals surface area contributed by atoms with Gasteiger partial charge in [0.15, 0.2) is 0 Å². The molecule has 34 heavy (non-hydrogen) atoms. The number of phenolic OH excluding ortho intramolecular Hbond substituents is 2. The summed E-state index contributed by atoms with van der Waals surface area (Å²) in [5, 5.41) is 32.2. The second kappa shape index (κ2) is 9.22. The molecule has 1 aliphatic rings. The summed E-state index contributed by atoms with van der Waals surface area (Å²) in [6.07, 6.45) is 7.02. The highest BCUT2D eigenvalue weighted by atomic mass is 16.5. The van der Waals surface area contributed by atoms with E-state index in [9.17, 15) is 15.3 Å². The van der Waals surface area contributed by atoms with E-state index >= 15 is 0 Å². The van der Waals surface area contributed by atoms with Crippen LogP contribution in [0.2, 0.25) is 0 Å². The molecule has 2 heterocycles. The lowest BCUT2D eigenvalue weighted by Crippen LogP contribution is -2.39. The number of aliphatic hydroxyl groups is 1. The summed E-state index contributed by atoms with van der Waals surface area (Å²) in [6.45, 7) is 9.75. The van der Waals surface area contributed by atoms with Crippen molar-refractivity contribution in [1.82, 2.24) is 0 Å². The summed E-state index contributed by atoms with van der Waals surface area (Å²) in [4.78, 5) is 0. The van der Waals surface area contributed by atoms with E-state index in [-0.39, 0.29) is 11.5 Å². The SMILES string of the molecule is CC(C)=CCCC(C)=CCc1c(O)ccc2cc(-c3cc(O)cc4c3C[C@H](C(C)(C)O)O4)oc12. The Labute approximate surface area is 201 Å². The van der Waals surface area contributed by atoms with Crippen molar-refractivity contribution in [3.63, 3.8) is 0 Å². The predicted octanol–water partition coefficient (Wildman–Crippen LogP) is 6.82. The van der Waals surface area contributed by atoms with Gasteiger partial charge >= 0.3 is 0 Å². The molecule has 3 aromatic rings. The Hall–Kier alpha value is -3.18. The molecule has 4 rings (SSSR count). The van der Waals surface area contributed by atoms with Crippen molar-refractivity contribution in [2.45, 2.75) is 72.0 Å². The number of benzene rings is 2. The molecule has 0 amide bonds. The van der Waals surface area contributed by atoms with Crippen molar-refractivity contribution < 1.29 is 24.5 Å². The van der Waals surface area contributed by atoms with Crippen molar-refractivity contribution >= 4 is 11.0 Å². The minimum Gasteiger partial charge on any atom is -0.508 e. The number of aromatic hydroxyl groups is 2. The maximum Gasteiger partial charge on any atom is 0.142 e. The lowest BCUT2D eigenvalue weighted by atomic mass is 9.94. The van der Waals surface area contributed by atoms with Crippen LogP contribution in [-0.2, 0) is 12.8 Å². The molecule has 0 bridgehead atoms. The van der Waals surface area contributed by atoms with Crippen LogP contribution in [0.3, 0.4) is 0 Å². The third-order valence-electron chi connectivity index (χ3n) is 6.42. The molecule has 2 aromatic carbocycles. The first-order chi connectivity index (χ1) is 16.0. The van der Waals surface area contributed by atoms with Gasteiger partial charge in [-0.3, -0.25) is 0 Å². The van der Waals surface area contributed by atoms with Crippen LogP contribution in [0.4, 0.5) is 0 Å². The molecular formula is C29H34O5. The molecule has 1 aromatic heterocycles. The number of phenols is 2. The summed E-state index contributed by atoms with van der Waals surface area (Å²) in [6, 6.07) is 8.71. The van der Waals surface area contributed by atoms with E-state index in [1.165, 1.54) is 11.1 Å². The number of hydrogen-bond acceptors (Lipinski definition) is 5. The Morgan fingerprint density at radius 1 is 1.09 bits per heavy atom. The molecule has 5 heteroatoms. The average molecular weight is 463 g/mol. The fourth-order valence-corrected chi connectivity index (χ4v) is 4.39. The zero-order chi connectivity index (χ0) is 24.6. The van der Waals surface area contributed by atoms with Crippen LogP contribution in [0.15, 0.2) is 58.0 Å². The van der Waals surface area contributed by atoms with Crippen molar-refractivity contribution in [1.29, 1.82) is 0 Å². The van der Waals surface area contributed by atoms with Gasteiger partial charge in [-0.1, -0.05) is 23.3 Å². The molecule has 0 unspecified atom stereocenters. The second-order valence-corrected chi connectivity index (χ2v) is 10.1. The third-order valence-corrected chi connectivity index (χ3v) is 6.42. The van der Waals surface area contributed by atoms with Crippen LogP contribution in [-0.4, -0.2) is 27.0 Å².